The van der Waals surface area contributed by atoms with Gasteiger partial charge in [-0.15, -0.1) is 0 Å². The lowest BCUT2D eigenvalue weighted by atomic mass is 10.2. The van der Waals surface area contributed by atoms with E-state index in [0.717, 1.165) is 6.07 Å². The average molecular weight is 271 g/mol. The molecule has 1 aromatic carbocycles. The second-order valence-corrected chi connectivity index (χ2v) is 3.98. The molecule has 7 heteroatoms. The molecular weight excluding hydrogens is 260 g/mol. The van der Waals surface area contributed by atoms with Crippen LogP contribution in [0.2, 0.25) is 0 Å². The van der Waals surface area contributed by atoms with Crippen LogP contribution in [0.1, 0.15) is 0 Å². The Morgan fingerprint density at radius 3 is 2.94 bits per heavy atom. The summed E-state index contributed by atoms with van der Waals surface area (Å²) in [5, 5.41) is 6.49. The van der Waals surface area contributed by atoms with Gasteiger partial charge in [-0.25, -0.2) is 8.78 Å². The molecule has 0 fully saturated rings. The smallest absolute Gasteiger partial charge is 0.195 e. The lowest BCUT2D eigenvalue weighted by Crippen LogP contribution is -2.07. The first-order valence-electron chi connectivity index (χ1n) is 5.23. The summed E-state index contributed by atoms with van der Waals surface area (Å²) in [5.41, 5.74) is 0.0680. The van der Waals surface area contributed by atoms with Gasteiger partial charge in [0.2, 0.25) is 0 Å². The maximum Gasteiger partial charge on any atom is 0.195 e. The van der Waals surface area contributed by atoms with E-state index in [0.29, 0.717) is 17.9 Å². The van der Waals surface area contributed by atoms with E-state index in [1.165, 1.54) is 12.1 Å². The fourth-order valence-corrected chi connectivity index (χ4v) is 1.81. The van der Waals surface area contributed by atoms with Crippen molar-refractivity contribution in [2.45, 2.75) is 6.54 Å². The van der Waals surface area contributed by atoms with Crippen LogP contribution in [0.4, 0.5) is 8.78 Å². The van der Waals surface area contributed by atoms with Crippen molar-refractivity contribution >= 4 is 12.2 Å². The van der Waals surface area contributed by atoms with Crippen LogP contribution >= 0.6 is 12.2 Å². The van der Waals surface area contributed by atoms with E-state index in [4.69, 9.17) is 17.0 Å². The number of ether oxygens (including phenoxy) is 1. The lowest BCUT2D eigenvalue weighted by Gasteiger charge is -2.07. The summed E-state index contributed by atoms with van der Waals surface area (Å²) in [7, 11) is 1.55. The number of methoxy groups -OCH3 is 1. The van der Waals surface area contributed by atoms with Gasteiger partial charge in [-0.3, -0.25) is 9.67 Å². The first kappa shape index (κ1) is 12.8. The molecule has 4 nitrogen and oxygen atoms in total. The van der Waals surface area contributed by atoms with E-state index in [1.807, 2.05) is 0 Å². The molecule has 2 aromatic rings. The zero-order valence-corrected chi connectivity index (χ0v) is 10.4. The molecule has 1 heterocycles. The predicted molar refractivity (Wildman–Crippen MR) is 64.6 cm³/mol. The third-order valence-electron chi connectivity index (χ3n) is 2.47. The number of halogens is 2. The average Bonchev–Trinajstić information content (AvgIpc) is 2.72. The second kappa shape index (κ2) is 5.36. The molecule has 0 saturated heterocycles. The van der Waals surface area contributed by atoms with E-state index >= 15 is 0 Å². The maximum atomic E-state index is 13.7. The maximum absolute atomic E-state index is 13.7. The normalized spacial score (nSPS) is 10.8. The molecule has 0 radical (unpaired) electrons. The Kier molecular flexibility index (Phi) is 3.83. The summed E-state index contributed by atoms with van der Waals surface area (Å²) in [6, 6.07) is 3.93. The number of nitrogens with zero attached hydrogens (tertiary/aromatic N) is 2. The highest BCUT2D eigenvalue weighted by molar-refractivity contribution is 7.71. The molecule has 0 atom stereocenters. The van der Waals surface area contributed by atoms with Crippen molar-refractivity contribution in [3.8, 4) is 11.4 Å². The number of hydrogen-bond donors (Lipinski definition) is 1. The molecule has 0 spiro atoms. The van der Waals surface area contributed by atoms with Crippen molar-refractivity contribution in [2.75, 3.05) is 13.7 Å². The Hall–Kier alpha value is -1.60. The van der Waals surface area contributed by atoms with Crippen LogP contribution in [0.3, 0.4) is 0 Å². The Bertz CT molecular complexity index is 609. The highest BCUT2D eigenvalue weighted by atomic mass is 32.1. The summed E-state index contributed by atoms with van der Waals surface area (Å²) in [4.78, 5) is 0. The number of benzene rings is 1. The van der Waals surface area contributed by atoms with E-state index in [2.05, 4.69) is 10.2 Å². The molecule has 96 valence electrons. The second-order valence-electron chi connectivity index (χ2n) is 3.60. The van der Waals surface area contributed by atoms with Gasteiger partial charge in [0.25, 0.3) is 0 Å². The number of aromatic amines is 1. The van der Waals surface area contributed by atoms with Gasteiger partial charge in [-0.05, 0) is 24.4 Å². The molecule has 2 rings (SSSR count). The van der Waals surface area contributed by atoms with Gasteiger partial charge in [0.1, 0.15) is 0 Å². The van der Waals surface area contributed by atoms with Crippen LogP contribution in [-0.4, -0.2) is 28.5 Å². The first-order chi connectivity index (χ1) is 8.65. The number of aromatic nitrogens is 3. The molecule has 0 saturated carbocycles. The first-order valence-corrected chi connectivity index (χ1v) is 5.64. The van der Waals surface area contributed by atoms with E-state index in [9.17, 15) is 8.78 Å². The van der Waals surface area contributed by atoms with Crippen LogP contribution in [-0.2, 0) is 11.3 Å². The highest BCUT2D eigenvalue weighted by Crippen LogP contribution is 2.22. The van der Waals surface area contributed by atoms with Gasteiger partial charge in [0, 0.05) is 7.11 Å². The monoisotopic (exact) mass is 271 g/mol. The minimum atomic E-state index is -0.940. The van der Waals surface area contributed by atoms with Gasteiger partial charge in [-0.1, -0.05) is 6.07 Å². The van der Waals surface area contributed by atoms with Crippen molar-refractivity contribution in [1.29, 1.82) is 0 Å². The van der Waals surface area contributed by atoms with Gasteiger partial charge >= 0.3 is 0 Å². The SMILES string of the molecule is COCCn1c(-c2cccc(F)c2F)n[nH]c1=S. The summed E-state index contributed by atoms with van der Waals surface area (Å²) in [6.45, 7) is 0.814. The standard InChI is InChI=1S/C11H11F2N3OS/c1-17-6-5-16-10(14-15-11(16)18)7-3-2-4-8(12)9(7)13/h2-4H,5-6H2,1H3,(H,15,18). The zero-order valence-electron chi connectivity index (χ0n) is 9.61. The molecule has 0 unspecified atom stereocenters. The van der Waals surface area contributed by atoms with Crippen molar-refractivity contribution in [2.24, 2.45) is 0 Å². The van der Waals surface area contributed by atoms with Crippen molar-refractivity contribution in [1.82, 2.24) is 14.8 Å². The number of H-pyrrole nitrogens is 1. The molecule has 1 N–H and O–H groups in total. The number of nitrogens with one attached hydrogen (secondary N) is 1. The van der Waals surface area contributed by atoms with Gasteiger partial charge in [0.05, 0.1) is 18.7 Å². The van der Waals surface area contributed by atoms with Crippen molar-refractivity contribution in [3.05, 3.63) is 34.6 Å². The van der Waals surface area contributed by atoms with E-state index in [1.54, 1.807) is 11.7 Å². The summed E-state index contributed by atoms with van der Waals surface area (Å²) < 4.78 is 33.7. The molecular formula is C11H11F2N3OS. The Labute approximate surface area is 107 Å². The van der Waals surface area contributed by atoms with Crippen LogP contribution in [0.25, 0.3) is 11.4 Å². The summed E-state index contributed by atoms with van der Waals surface area (Å²) in [5.74, 6) is -1.60. The Balaban J connectivity index is 2.51. The summed E-state index contributed by atoms with van der Waals surface area (Å²) >= 11 is 5.04. The summed E-state index contributed by atoms with van der Waals surface area (Å²) in [6.07, 6.45) is 0. The third kappa shape index (κ3) is 2.32. The number of hydrogen-bond acceptors (Lipinski definition) is 3. The van der Waals surface area contributed by atoms with Crippen LogP contribution in [0.5, 0.6) is 0 Å². The van der Waals surface area contributed by atoms with Crippen molar-refractivity contribution < 1.29 is 13.5 Å². The Morgan fingerprint density at radius 2 is 2.22 bits per heavy atom. The topological polar surface area (TPSA) is 42.8 Å². The van der Waals surface area contributed by atoms with E-state index < -0.39 is 11.6 Å². The Morgan fingerprint density at radius 1 is 1.44 bits per heavy atom. The fraction of sp³-hybridized carbons (Fsp3) is 0.273. The predicted octanol–water partition coefficient (Wildman–Crippen LogP) is 2.53. The fourth-order valence-electron chi connectivity index (χ4n) is 1.59. The minimum Gasteiger partial charge on any atom is -0.383 e. The lowest BCUT2D eigenvalue weighted by molar-refractivity contribution is 0.187. The molecule has 0 aliphatic carbocycles. The van der Waals surface area contributed by atoms with Gasteiger partial charge < -0.3 is 4.74 Å². The minimum absolute atomic E-state index is 0.0680. The molecule has 0 bridgehead atoms. The van der Waals surface area contributed by atoms with E-state index in [-0.39, 0.29) is 11.4 Å². The van der Waals surface area contributed by atoms with Crippen LogP contribution in [0.15, 0.2) is 18.2 Å². The van der Waals surface area contributed by atoms with Crippen molar-refractivity contribution in [3.63, 3.8) is 0 Å². The molecule has 0 amide bonds. The molecule has 1 aromatic heterocycles. The molecule has 0 aliphatic rings. The largest absolute Gasteiger partial charge is 0.383 e. The van der Waals surface area contributed by atoms with Gasteiger partial charge in [-0.2, -0.15) is 5.10 Å². The third-order valence-corrected chi connectivity index (χ3v) is 2.78. The highest BCUT2D eigenvalue weighted by Gasteiger charge is 2.15. The van der Waals surface area contributed by atoms with Crippen LogP contribution in [0, 0.1) is 16.4 Å². The quantitative estimate of drug-likeness (QED) is 0.869. The van der Waals surface area contributed by atoms with Gasteiger partial charge in [0.15, 0.2) is 22.2 Å². The molecule has 18 heavy (non-hydrogen) atoms. The zero-order chi connectivity index (χ0) is 13.1. The molecule has 0 aliphatic heterocycles. The van der Waals surface area contributed by atoms with Crippen LogP contribution < -0.4 is 0 Å². The number of rotatable bonds is 4.